The molecule has 0 spiro atoms. The summed E-state index contributed by atoms with van der Waals surface area (Å²) in [6.07, 6.45) is 5.35. The van der Waals surface area contributed by atoms with Crippen LogP contribution >= 0.6 is 0 Å². The summed E-state index contributed by atoms with van der Waals surface area (Å²) >= 11 is 0. The molecular formula is C20H18N2O3. The van der Waals surface area contributed by atoms with E-state index in [1.54, 1.807) is 19.1 Å². The number of carbonyl (C=O) groups is 1. The molecule has 126 valence electrons. The third kappa shape index (κ3) is 2.61. The minimum absolute atomic E-state index is 0.0684. The van der Waals surface area contributed by atoms with Crippen molar-refractivity contribution in [3.63, 3.8) is 0 Å². The molecule has 2 aromatic rings. The minimum Gasteiger partial charge on any atom is -0.378 e. The average molecular weight is 334 g/mol. The van der Waals surface area contributed by atoms with Crippen molar-refractivity contribution in [3.05, 3.63) is 81.4 Å². The van der Waals surface area contributed by atoms with E-state index in [2.05, 4.69) is 17.5 Å². The van der Waals surface area contributed by atoms with Crippen LogP contribution in [0, 0.1) is 16.0 Å². The summed E-state index contributed by atoms with van der Waals surface area (Å²) in [5.41, 5.74) is 4.07. The number of nitrogens with zero attached hydrogens (tertiary/aromatic N) is 1. The number of nitro groups is 1. The van der Waals surface area contributed by atoms with Crippen molar-refractivity contribution in [3.8, 4) is 0 Å². The number of rotatable bonds is 3. The zero-order valence-electron chi connectivity index (χ0n) is 13.8. The van der Waals surface area contributed by atoms with E-state index in [-0.39, 0.29) is 28.4 Å². The van der Waals surface area contributed by atoms with Crippen molar-refractivity contribution in [1.29, 1.82) is 0 Å². The third-order valence-electron chi connectivity index (χ3n) is 5.23. The Balaban J connectivity index is 1.72. The molecule has 0 aromatic heterocycles. The molecule has 0 fully saturated rings. The predicted molar refractivity (Wildman–Crippen MR) is 95.9 cm³/mol. The number of fused-ring (bicyclic) bond motifs is 3. The second kappa shape index (κ2) is 5.84. The van der Waals surface area contributed by atoms with E-state index < -0.39 is 0 Å². The first-order chi connectivity index (χ1) is 12.0. The second-order valence-electron chi connectivity index (χ2n) is 6.68. The van der Waals surface area contributed by atoms with E-state index in [1.807, 2.05) is 30.3 Å². The summed E-state index contributed by atoms with van der Waals surface area (Å²) in [5.74, 6) is 0.672. The van der Waals surface area contributed by atoms with Crippen molar-refractivity contribution < 1.29 is 9.72 Å². The lowest BCUT2D eigenvalue weighted by Crippen LogP contribution is -2.29. The summed E-state index contributed by atoms with van der Waals surface area (Å²) < 4.78 is 0. The van der Waals surface area contributed by atoms with E-state index in [4.69, 9.17) is 0 Å². The number of anilines is 1. The number of carbonyl (C=O) groups excluding carboxylic acids is 1. The number of hydrogen-bond acceptors (Lipinski definition) is 4. The Morgan fingerprint density at radius 2 is 1.96 bits per heavy atom. The first-order valence-corrected chi connectivity index (χ1v) is 8.37. The van der Waals surface area contributed by atoms with Gasteiger partial charge in [-0.2, -0.15) is 0 Å². The molecule has 2 aromatic carbocycles. The molecule has 5 nitrogen and oxygen atoms in total. The fourth-order valence-corrected chi connectivity index (χ4v) is 3.95. The lowest BCUT2D eigenvalue weighted by atomic mass is 9.76. The van der Waals surface area contributed by atoms with Crippen LogP contribution in [0.5, 0.6) is 0 Å². The van der Waals surface area contributed by atoms with Crippen molar-refractivity contribution in [2.75, 3.05) is 5.32 Å². The number of allylic oxidation sites excluding steroid dienone is 2. The van der Waals surface area contributed by atoms with Crippen LogP contribution in [0.4, 0.5) is 11.4 Å². The molecule has 4 rings (SSSR count). The molecule has 5 heteroatoms. The monoisotopic (exact) mass is 334 g/mol. The molecule has 1 aliphatic heterocycles. The fourth-order valence-electron chi connectivity index (χ4n) is 3.95. The molecule has 0 radical (unpaired) electrons. The molecule has 0 unspecified atom stereocenters. The number of nitro benzene ring substituents is 1. The summed E-state index contributed by atoms with van der Waals surface area (Å²) in [6, 6.07) is 12.7. The number of benzene rings is 2. The average Bonchev–Trinajstić information content (AvgIpc) is 3.10. The number of hydrogen-bond donors (Lipinski definition) is 1. The Morgan fingerprint density at radius 3 is 2.64 bits per heavy atom. The van der Waals surface area contributed by atoms with Crippen LogP contribution in [-0.4, -0.2) is 10.7 Å². The molecule has 1 heterocycles. The Kier molecular flexibility index (Phi) is 3.64. The summed E-state index contributed by atoms with van der Waals surface area (Å²) in [5, 5.41) is 14.5. The standard InChI is InChI=1S/C20H18N2O3/c1-12(23)14-7-10-19-18(11-14)16-3-2-4-17(16)20(21-19)13-5-8-15(9-6-13)22(24)25/h2-3,5-11,16-17,20-21H,4H2,1H3/t16-,17+,20-/m1/s1. The summed E-state index contributed by atoms with van der Waals surface area (Å²) in [4.78, 5) is 22.2. The largest absolute Gasteiger partial charge is 0.378 e. The molecule has 2 aliphatic rings. The van der Waals surface area contributed by atoms with Gasteiger partial charge < -0.3 is 5.32 Å². The van der Waals surface area contributed by atoms with E-state index in [0.29, 0.717) is 5.92 Å². The molecule has 3 atom stereocenters. The van der Waals surface area contributed by atoms with Crippen molar-refractivity contribution in [2.24, 2.45) is 5.92 Å². The molecule has 25 heavy (non-hydrogen) atoms. The SMILES string of the molecule is CC(=O)c1ccc2c(c1)[C@@H]1C=CC[C@@H]1[C@@H](c1ccc([N+](=O)[O-])cc1)N2. The van der Waals surface area contributed by atoms with Crippen LogP contribution in [0.15, 0.2) is 54.6 Å². The van der Waals surface area contributed by atoms with Gasteiger partial charge in [0.1, 0.15) is 0 Å². The van der Waals surface area contributed by atoms with Crippen molar-refractivity contribution >= 4 is 17.2 Å². The first-order valence-electron chi connectivity index (χ1n) is 8.37. The smallest absolute Gasteiger partial charge is 0.269 e. The van der Waals surface area contributed by atoms with Crippen LogP contribution in [0.3, 0.4) is 0 Å². The molecule has 0 saturated carbocycles. The highest BCUT2D eigenvalue weighted by Gasteiger charge is 2.38. The summed E-state index contributed by atoms with van der Waals surface area (Å²) in [7, 11) is 0. The van der Waals surface area contributed by atoms with Crippen molar-refractivity contribution in [2.45, 2.75) is 25.3 Å². The van der Waals surface area contributed by atoms with Gasteiger partial charge >= 0.3 is 0 Å². The third-order valence-corrected chi connectivity index (χ3v) is 5.23. The zero-order chi connectivity index (χ0) is 17.6. The minimum atomic E-state index is -0.378. The van der Waals surface area contributed by atoms with Gasteiger partial charge in [-0.15, -0.1) is 0 Å². The zero-order valence-corrected chi connectivity index (χ0v) is 13.8. The van der Waals surface area contributed by atoms with Crippen molar-refractivity contribution in [1.82, 2.24) is 0 Å². The topological polar surface area (TPSA) is 72.2 Å². The molecule has 0 bridgehead atoms. The van der Waals surface area contributed by atoms with E-state index >= 15 is 0 Å². The van der Waals surface area contributed by atoms with Gasteiger partial charge in [0, 0.05) is 29.3 Å². The second-order valence-corrected chi connectivity index (χ2v) is 6.68. The Morgan fingerprint density at radius 1 is 1.20 bits per heavy atom. The van der Waals surface area contributed by atoms with Gasteiger partial charge in [0.05, 0.1) is 11.0 Å². The first kappa shape index (κ1) is 15.6. The molecular weight excluding hydrogens is 316 g/mol. The molecule has 0 amide bonds. The number of non-ortho nitro benzene ring substituents is 1. The van der Waals surface area contributed by atoms with Gasteiger partial charge in [-0.1, -0.05) is 24.3 Å². The van der Waals surface area contributed by atoms with E-state index in [9.17, 15) is 14.9 Å². The molecule has 0 saturated heterocycles. The van der Waals surface area contributed by atoms with Crippen LogP contribution in [0.25, 0.3) is 0 Å². The van der Waals surface area contributed by atoms with E-state index in [0.717, 1.165) is 28.8 Å². The lowest BCUT2D eigenvalue weighted by molar-refractivity contribution is -0.384. The highest BCUT2D eigenvalue weighted by Crippen LogP contribution is 2.50. The highest BCUT2D eigenvalue weighted by molar-refractivity contribution is 5.95. The van der Waals surface area contributed by atoms with Gasteiger partial charge in [-0.3, -0.25) is 14.9 Å². The lowest BCUT2D eigenvalue weighted by Gasteiger charge is -2.37. The Hall–Kier alpha value is -2.95. The normalized spacial score (nSPS) is 23.5. The predicted octanol–water partition coefficient (Wildman–Crippen LogP) is 4.62. The van der Waals surface area contributed by atoms with Gasteiger partial charge in [0.15, 0.2) is 5.78 Å². The van der Waals surface area contributed by atoms with Crippen LogP contribution in [0.2, 0.25) is 0 Å². The van der Waals surface area contributed by atoms with Gasteiger partial charge in [-0.05, 0) is 48.6 Å². The maximum Gasteiger partial charge on any atom is 0.269 e. The fraction of sp³-hybridized carbons (Fsp3) is 0.250. The highest BCUT2D eigenvalue weighted by atomic mass is 16.6. The Labute approximate surface area is 145 Å². The van der Waals surface area contributed by atoms with Gasteiger partial charge in [-0.25, -0.2) is 0 Å². The maximum atomic E-state index is 11.7. The van der Waals surface area contributed by atoms with Crippen LogP contribution in [-0.2, 0) is 0 Å². The van der Waals surface area contributed by atoms with E-state index in [1.165, 1.54) is 0 Å². The number of ketones is 1. The van der Waals surface area contributed by atoms with Gasteiger partial charge in [0.2, 0.25) is 0 Å². The molecule has 1 N–H and O–H groups in total. The molecule has 1 aliphatic carbocycles. The van der Waals surface area contributed by atoms with Gasteiger partial charge in [0.25, 0.3) is 5.69 Å². The number of nitrogens with one attached hydrogen (secondary N) is 1. The van der Waals surface area contributed by atoms with Crippen LogP contribution in [0.1, 0.15) is 46.8 Å². The Bertz CT molecular complexity index is 886. The maximum absolute atomic E-state index is 11.7. The quantitative estimate of drug-likeness (QED) is 0.385. The van der Waals surface area contributed by atoms with Crippen LogP contribution < -0.4 is 5.32 Å². The summed E-state index contributed by atoms with van der Waals surface area (Å²) in [6.45, 7) is 1.58. The number of Topliss-reactive ketones (excluding diaryl/α,β-unsaturated/α-hetero) is 1.